The van der Waals surface area contributed by atoms with E-state index in [1.165, 1.54) is 38.2 Å². The first-order chi connectivity index (χ1) is 9.83. The van der Waals surface area contributed by atoms with Crippen LogP contribution in [0.25, 0.3) is 0 Å². The van der Waals surface area contributed by atoms with Crippen LogP contribution in [0.2, 0.25) is 0 Å². The summed E-state index contributed by atoms with van der Waals surface area (Å²) in [7, 11) is 1.73. The van der Waals surface area contributed by atoms with Crippen LogP contribution in [-0.2, 0) is 17.8 Å². The molecule has 0 atom stereocenters. The summed E-state index contributed by atoms with van der Waals surface area (Å²) >= 11 is 0. The van der Waals surface area contributed by atoms with Gasteiger partial charge in [0.1, 0.15) is 0 Å². The van der Waals surface area contributed by atoms with E-state index in [0.717, 1.165) is 32.2 Å². The van der Waals surface area contributed by atoms with E-state index >= 15 is 0 Å². The minimum Gasteiger partial charge on any atom is -0.383 e. The van der Waals surface area contributed by atoms with E-state index in [4.69, 9.17) is 4.74 Å². The molecule has 1 aliphatic heterocycles. The Morgan fingerprint density at radius 3 is 2.90 bits per heavy atom. The number of aromatic nitrogens is 2. The summed E-state index contributed by atoms with van der Waals surface area (Å²) in [5.74, 6) is 0.796. The predicted octanol–water partition coefficient (Wildman–Crippen LogP) is 1.35. The third kappa shape index (κ3) is 4.58. The number of ether oxygens (including phenoxy) is 1. The van der Waals surface area contributed by atoms with Crippen LogP contribution in [0.1, 0.15) is 25.5 Å². The Morgan fingerprint density at radius 1 is 1.40 bits per heavy atom. The lowest BCUT2D eigenvalue weighted by molar-refractivity contribution is 0.180. The van der Waals surface area contributed by atoms with Gasteiger partial charge in [-0.15, -0.1) is 0 Å². The van der Waals surface area contributed by atoms with Gasteiger partial charge >= 0.3 is 0 Å². The van der Waals surface area contributed by atoms with Crippen LogP contribution < -0.4 is 5.32 Å². The first kappa shape index (κ1) is 15.5. The second-order valence-electron chi connectivity index (χ2n) is 5.58. The minimum atomic E-state index is 0.754. The smallest absolute Gasteiger partial charge is 0.0948 e. The number of imidazole rings is 1. The van der Waals surface area contributed by atoms with Crippen molar-refractivity contribution in [2.45, 2.75) is 32.9 Å². The molecule has 0 bridgehead atoms. The number of likely N-dealkylation sites (tertiary alicyclic amines) is 1. The van der Waals surface area contributed by atoms with E-state index < -0.39 is 0 Å². The van der Waals surface area contributed by atoms with E-state index in [2.05, 4.69) is 26.7 Å². The monoisotopic (exact) mass is 280 g/mol. The molecule has 20 heavy (non-hydrogen) atoms. The number of nitrogens with one attached hydrogen (secondary N) is 1. The minimum absolute atomic E-state index is 0.754. The largest absolute Gasteiger partial charge is 0.383 e. The van der Waals surface area contributed by atoms with Crippen molar-refractivity contribution in [2.75, 3.05) is 39.9 Å². The molecule has 0 unspecified atom stereocenters. The molecule has 2 heterocycles. The second kappa shape index (κ2) is 8.39. The molecule has 1 aromatic heterocycles. The van der Waals surface area contributed by atoms with Crippen LogP contribution in [0.15, 0.2) is 12.5 Å². The SMILES string of the molecule is CCN1CCC(Cn2cncc2CNCCOC)CC1. The molecule has 0 radical (unpaired) electrons. The van der Waals surface area contributed by atoms with E-state index in [9.17, 15) is 0 Å². The number of nitrogens with zero attached hydrogens (tertiary/aromatic N) is 3. The Kier molecular flexibility index (Phi) is 6.50. The summed E-state index contributed by atoms with van der Waals surface area (Å²) in [5.41, 5.74) is 1.28. The molecule has 0 aromatic carbocycles. The van der Waals surface area contributed by atoms with Crippen LogP contribution in [0.3, 0.4) is 0 Å². The van der Waals surface area contributed by atoms with Crippen molar-refractivity contribution in [3.05, 3.63) is 18.2 Å². The molecule has 114 valence electrons. The second-order valence-corrected chi connectivity index (χ2v) is 5.58. The van der Waals surface area contributed by atoms with Gasteiger partial charge in [-0.25, -0.2) is 4.98 Å². The fourth-order valence-electron chi connectivity index (χ4n) is 2.81. The summed E-state index contributed by atoms with van der Waals surface area (Å²) in [6, 6.07) is 0. The van der Waals surface area contributed by atoms with Gasteiger partial charge in [-0.1, -0.05) is 6.92 Å². The predicted molar refractivity (Wildman–Crippen MR) is 80.6 cm³/mol. The van der Waals surface area contributed by atoms with Crippen LogP contribution >= 0.6 is 0 Å². The zero-order valence-corrected chi connectivity index (χ0v) is 12.8. The molecule has 5 heteroatoms. The lowest BCUT2D eigenvalue weighted by Crippen LogP contribution is -2.35. The summed E-state index contributed by atoms with van der Waals surface area (Å²) in [6.45, 7) is 9.55. The molecule has 1 N–H and O–H groups in total. The highest BCUT2D eigenvalue weighted by molar-refractivity contribution is 4.98. The highest BCUT2D eigenvalue weighted by Gasteiger charge is 2.19. The molecular formula is C15H28N4O. The summed E-state index contributed by atoms with van der Waals surface area (Å²) < 4.78 is 7.36. The number of rotatable bonds is 8. The van der Waals surface area contributed by atoms with Gasteiger partial charge in [0, 0.05) is 32.9 Å². The van der Waals surface area contributed by atoms with Crippen LogP contribution in [0.5, 0.6) is 0 Å². The van der Waals surface area contributed by atoms with Gasteiger partial charge in [0.05, 0.1) is 18.6 Å². The van der Waals surface area contributed by atoms with Gasteiger partial charge in [0.2, 0.25) is 0 Å². The maximum absolute atomic E-state index is 5.04. The molecule has 0 saturated carbocycles. The zero-order valence-electron chi connectivity index (χ0n) is 12.8. The number of hydrogen-bond donors (Lipinski definition) is 1. The molecule has 0 spiro atoms. The molecule has 1 aliphatic rings. The highest BCUT2D eigenvalue weighted by Crippen LogP contribution is 2.19. The molecule has 1 aromatic rings. The van der Waals surface area contributed by atoms with Gasteiger partial charge < -0.3 is 19.5 Å². The van der Waals surface area contributed by atoms with Gasteiger partial charge in [0.15, 0.2) is 0 Å². The quantitative estimate of drug-likeness (QED) is 0.730. The summed E-state index contributed by atoms with van der Waals surface area (Å²) in [5, 5.41) is 3.39. The van der Waals surface area contributed by atoms with Crippen LogP contribution in [-0.4, -0.2) is 54.3 Å². The lowest BCUT2D eigenvalue weighted by Gasteiger charge is -2.31. The van der Waals surface area contributed by atoms with Gasteiger partial charge in [-0.2, -0.15) is 0 Å². The van der Waals surface area contributed by atoms with Crippen molar-refractivity contribution in [3.63, 3.8) is 0 Å². The maximum atomic E-state index is 5.04. The molecular weight excluding hydrogens is 252 g/mol. The first-order valence-corrected chi connectivity index (χ1v) is 7.74. The van der Waals surface area contributed by atoms with Crippen LogP contribution in [0.4, 0.5) is 0 Å². The first-order valence-electron chi connectivity index (χ1n) is 7.74. The normalized spacial score (nSPS) is 17.7. The average Bonchev–Trinajstić information content (AvgIpc) is 2.92. The van der Waals surface area contributed by atoms with Gasteiger partial charge in [-0.3, -0.25) is 0 Å². The van der Waals surface area contributed by atoms with Crippen molar-refractivity contribution in [3.8, 4) is 0 Å². The van der Waals surface area contributed by atoms with Crippen molar-refractivity contribution in [1.29, 1.82) is 0 Å². The summed E-state index contributed by atoms with van der Waals surface area (Å²) in [6.07, 6.45) is 6.56. The summed E-state index contributed by atoms with van der Waals surface area (Å²) in [4.78, 5) is 6.84. The fourth-order valence-corrected chi connectivity index (χ4v) is 2.81. The van der Waals surface area contributed by atoms with E-state index in [1.54, 1.807) is 7.11 Å². The fraction of sp³-hybridized carbons (Fsp3) is 0.800. The molecule has 1 saturated heterocycles. The maximum Gasteiger partial charge on any atom is 0.0948 e. The average molecular weight is 280 g/mol. The van der Waals surface area contributed by atoms with Gasteiger partial charge in [0.25, 0.3) is 0 Å². The Hall–Kier alpha value is -0.910. The zero-order chi connectivity index (χ0) is 14.2. The standard InChI is InChI=1S/C15H28N4O/c1-3-18-7-4-14(5-8-18)12-19-13-17-11-15(19)10-16-6-9-20-2/h11,13-14,16H,3-10,12H2,1-2H3. The Labute approximate surface area is 122 Å². The van der Waals surface area contributed by atoms with Crippen LogP contribution in [0, 0.1) is 5.92 Å². The third-order valence-corrected chi connectivity index (χ3v) is 4.20. The van der Waals surface area contributed by atoms with Crippen molar-refractivity contribution >= 4 is 0 Å². The highest BCUT2D eigenvalue weighted by atomic mass is 16.5. The molecule has 1 fully saturated rings. The van der Waals surface area contributed by atoms with E-state index in [-0.39, 0.29) is 0 Å². The lowest BCUT2D eigenvalue weighted by atomic mass is 9.96. The Balaban J connectivity index is 1.77. The molecule has 5 nitrogen and oxygen atoms in total. The number of methoxy groups -OCH3 is 1. The molecule has 2 rings (SSSR count). The van der Waals surface area contributed by atoms with Crippen molar-refractivity contribution in [1.82, 2.24) is 19.8 Å². The number of piperidine rings is 1. The Bertz CT molecular complexity index is 372. The Morgan fingerprint density at radius 2 is 2.20 bits per heavy atom. The van der Waals surface area contributed by atoms with Gasteiger partial charge in [-0.05, 0) is 38.4 Å². The topological polar surface area (TPSA) is 42.3 Å². The molecule has 0 aliphatic carbocycles. The van der Waals surface area contributed by atoms with Crippen molar-refractivity contribution in [2.24, 2.45) is 5.92 Å². The number of hydrogen-bond acceptors (Lipinski definition) is 4. The van der Waals surface area contributed by atoms with Crippen molar-refractivity contribution < 1.29 is 4.74 Å². The molecule has 0 amide bonds. The van der Waals surface area contributed by atoms with E-state index in [1.807, 2.05) is 12.5 Å². The third-order valence-electron chi connectivity index (χ3n) is 4.20. The van der Waals surface area contributed by atoms with E-state index in [0.29, 0.717) is 0 Å².